The van der Waals surface area contributed by atoms with Crippen molar-refractivity contribution in [3.05, 3.63) is 29.8 Å². The molecular formula is C17H25NO4. The number of ether oxygens (including phenoxy) is 1. The highest BCUT2D eigenvalue weighted by Gasteiger charge is 2.17. The van der Waals surface area contributed by atoms with Crippen molar-refractivity contribution in [1.29, 1.82) is 0 Å². The van der Waals surface area contributed by atoms with Crippen LogP contribution in [0.15, 0.2) is 24.3 Å². The molecule has 0 radical (unpaired) electrons. The quantitative estimate of drug-likeness (QED) is 0.802. The summed E-state index contributed by atoms with van der Waals surface area (Å²) in [4.78, 5) is 24.1. The predicted molar refractivity (Wildman–Crippen MR) is 85.1 cm³/mol. The van der Waals surface area contributed by atoms with E-state index in [2.05, 4.69) is 13.8 Å². The summed E-state index contributed by atoms with van der Waals surface area (Å²) in [5.74, 6) is -0.384. The topological polar surface area (TPSA) is 66.8 Å². The normalized spacial score (nSPS) is 12.0. The number of hydrogen-bond donors (Lipinski definition) is 1. The lowest BCUT2D eigenvalue weighted by molar-refractivity contribution is -0.142. The highest BCUT2D eigenvalue weighted by molar-refractivity contribution is 5.77. The van der Waals surface area contributed by atoms with Crippen LogP contribution in [-0.2, 0) is 9.59 Å². The molecule has 0 saturated heterocycles. The van der Waals surface area contributed by atoms with E-state index in [1.54, 1.807) is 14.0 Å². The molecule has 0 aromatic heterocycles. The Bertz CT molecular complexity index is 496. The maximum Gasteiger partial charge on any atom is 0.308 e. The summed E-state index contributed by atoms with van der Waals surface area (Å²) in [6, 6.07) is 7.83. The second-order valence-corrected chi connectivity index (χ2v) is 5.84. The summed E-state index contributed by atoms with van der Waals surface area (Å²) in [5, 5.41) is 8.84. The number of carboxylic acid groups (broad SMARTS) is 1. The summed E-state index contributed by atoms with van der Waals surface area (Å²) < 4.78 is 5.55. The first-order valence-corrected chi connectivity index (χ1v) is 7.50. The average Bonchev–Trinajstić information content (AvgIpc) is 2.47. The van der Waals surface area contributed by atoms with Gasteiger partial charge in [-0.1, -0.05) is 32.9 Å². The van der Waals surface area contributed by atoms with Gasteiger partial charge in [-0.15, -0.1) is 0 Å². The summed E-state index contributed by atoms with van der Waals surface area (Å²) in [6.07, 6.45) is 0.231. The highest BCUT2D eigenvalue weighted by atomic mass is 16.5. The lowest BCUT2D eigenvalue weighted by Crippen LogP contribution is -2.34. The van der Waals surface area contributed by atoms with E-state index in [4.69, 9.17) is 9.84 Å². The van der Waals surface area contributed by atoms with Crippen LogP contribution in [0.5, 0.6) is 5.75 Å². The van der Waals surface area contributed by atoms with Gasteiger partial charge in [0.1, 0.15) is 5.75 Å². The van der Waals surface area contributed by atoms with Gasteiger partial charge < -0.3 is 14.7 Å². The summed E-state index contributed by atoms with van der Waals surface area (Å²) in [6.45, 7) is 6.33. The fourth-order valence-electron chi connectivity index (χ4n) is 1.99. The number of carbonyl (C=O) groups excluding carboxylic acids is 1. The van der Waals surface area contributed by atoms with Gasteiger partial charge in [-0.05, 0) is 23.6 Å². The first-order valence-electron chi connectivity index (χ1n) is 7.50. The first kappa shape index (κ1) is 18.0. The van der Waals surface area contributed by atoms with Crippen molar-refractivity contribution >= 4 is 11.9 Å². The molecule has 1 aromatic rings. The van der Waals surface area contributed by atoms with Gasteiger partial charge in [-0.25, -0.2) is 0 Å². The molecule has 0 heterocycles. The molecule has 1 amide bonds. The largest absolute Gasteiger partial charge is 0.493 e. The minimum Gasteiger partial charge on any atom is -0.493 e. The molecule has 1 aromatic carbocycles. The van der Waals surface area contributed by atoms with Crippen LogP contribution in [0.1, 0.15) is 38.7 Å². The Morgan fingerprint density at radius 1 is 1.18 bits per heavy atom. The highest BCUT2D eigenvalue weighted by Crippen LogP contribution is 2.18. The van der Waals surface area contributed by atoms with Crippen molar-refractivity contribution < 1.29 is 19.4 Å². The van der Waals surface area contributed by atoms with Crippen LogP contribution in [0, 0.1) is 5.92 Å². The molecule has 1 rings (SSSR count). The van der Waals surface area contributed by atoms with Crippen LogP contribution in [-0.4, -0.2) is 42.1 Å². The third-order valence-electron chi connectivity index (χ3n) is 3.53. The smallest absolute Gasteiger partial charge is 0.308 e. The zero-order valence-electron chi connectivity index (χ0n) is 13.7. The minimum atomic E-state index is -0.902. The van der Waals surface area contributed by atoms with Gasteiger partial charge in [-0.3, -0.25) is 9.59 Å². The molecule has 0 bridgehead atoms. The molecule has 1 N–H and O–H groups in total. The fraction of sp³-hybridized carbons (Fsp3) is 0.529. The summed E-state index contributed by atoms with van der Waals surface area (Å²) in [5.41, 5.74) is 1.24. The molecule has 5 nitrogen and oxygen atoms in total. The Kier molecular flexibility index (Phi) is 6.89. The van der Waals surface area contributed by atoms with E-state index in [9.17, 15) is 9.59 Å². The van der Waals surface area contributed by atoms with Gasteiger partial charge in [0.25, 0.3) is 0 Å². The minimum absolute atomic E-state index is 0.119. The van der Waals surface area contributed by atoms with E-state index < -0.39 is 11.9 Å². The van der Waals surface area contributed by atoms with Gasteiger partial charge in [0.15, 0.2) is 0 Å². The van der Waals surface area contributed by atoms with Crippen molar-refractivity contribution in [2.75, 3.05) is 20.2 Å². The average molecular weight is 307 g/mol. The van der Waals surface area contributed by atoms with Gasteiger partial charge in [0.05, 0.1) is 18.9 Å². The lowest BCUT2D eigenvalue weighted by atomic mass is 10.0. The molecule has 0 aliphatic carbocycles. The number of hydrogen-bond acceptors (Lipinski definition) is 3. The van der Waals surface area contributed by atoms with Crippen molar-refractivity contribution in [3.8, 4) is 5.75 Å². The number of benzene rings is 1. The van der Waals surface area contributed by atoms with Crippen LogP contribution in [0.25, 0.3) is 0 Å². The number of aliphatic carboxylic acids is 1. The Hall–Kier alpha value is -2.04. The summed E-state index contributed by atoms with van der Waals surface area (Å²) in [7, 11) is 1.61. The van der Waals surface area contributed by atoms with Crippen molar-refractivity contribution in [1.82, 2.24) is 4.90 Å². The van der Waals surface area contributed by atoms with Crippen LogP contribution >= 0.6 is 0 Å². The molecule has 1 unspecified atom stereocenters. The first-order chi connectivity index (χ1) is 10.3. The van der Waals surface area contributed by atoms with Crippen LogP contribution < -0.4 is 4.74 Å². The molecule has 1 atom stereocenters. The second kappa shape index (κ2) is 8.41. The molecule has 122 valence electrons. The van der Waals surface area contributed by atoms with E-state index in [-0.39, 0.29) is 25.5 Å². The van der Waals surface area contributed by atoms with Crippen LogP contribution in [0.3, 0.4) is 0 Å². The monoisotopic (exact) mass is 307 g/mol. The molecule has 0 spiro atoms. The summed E-state index contributed by atoms with van der Waals surface area (Å²) >= 11 is 0. The Morgan fingerprint density at radius 3 is 2.27 bits per heavy atom. The number of nitrogens with zero attached hydrogens (tertiary/aromatic N) is 1. The number of carbonyl (C=O) groups is 2. The van der Waals surface area contributed by atoms with Crippen molar-refractivity contribution in [3.63, 3.8) is 0 Å². The molecule has 0 fully saturated rings. The van der Waals surface area contributed by atoms with E-state index in [1.165, 1.54) is 10.5 Å². The molecule has 5 heteroatoms. The van der Waals surface area contributed by atoms with E-state index >= 15 is 0 Å². The fourth-order valence-corrected chi connectivity index (χ4v) is 1.99. The Morgan fingerprint density at radius 2 is 1.77 bits per heavy atom. The Labute approximate surface area is 131 Å². The van der Waals surface area contributed by atoms with Gasteiger partial charge >= 0.3 is 5.97 Å². The SMILES string of the molecule is CC(CN(C)C(=O)CCOc1ccc(C(C)C)cc1)C(=O)O. The molecule has 0 aliphatic rings. The van der Waals surface area contributed by atoms with Gasteiger partial charge in [0.2, 0.25) is 5.91 Å². The van der Waals surface area contributed by atoms with E-state index in [0.717, 1.165) is 5.75 Å². The molecule has 0 saturated carbocycles. The third-order valence-corrected chi connectivity index (χ3v) is 3.53. The van der Waals surface area contributed by atoms with E-state index in [1.807, 2.05) is 24.3 Å². The maximum absolute atomic E-state index is 11.9. The van der Waals surface area contributed by atoms with Gasteiger partial charge in [0, 0.05) is 13.6 Å². The van der Waals surface area contributed by atoms with Crippen molar-refractivity contribution in [2.24, 2.45) is 5.92 Å². The van der Waals surface area contributed by atoms with Crippen molar-refractivity contribution in [2.45, 2.75) is 33.1 Å². The number of carboxylic acids is 1. The zero-order valence-corrected chi connectivity index (χ0v) is 13.7. The number of amides is 1. The second-order valence-electron chi connectivity index (χ2n) is 5.84. The molecular weight excluding hydrogens is 282 g/mol. The van der Waals surface area contributed by atoms with Crippen LogP contribution in [0.2, 0.25) is 0 Å². The van der Waals surface area contributed by atoms with E-state index in [0.29, 0.717) is 5.92 Å². The molecule has 0 aliphatic heterocycles. The van der Waals surface area contributed by atoms with Crippen LogP contribution in [0.4, 0.5) is 0 Å². The Balaban J connectivity index is 2.36. The zero-order chi connectivity index (χ0) is 16.7. The standard InChI is InChI=1S/C17H25NO4/c1-12(2)14-5-7-15(8-6-14)22-10-9-16(19)18(4)11-13(3)17(20)21/h5-8,12-13H,9-11H2,1-4H3,(H,20,21). The lowest BCUT2D eigenvalue weighted by Gasteiger charge is -2.19. The molecule has 22 heavy (non-hydrogen) atoms. The maximum atomic E-state index is 11.9. The predicted octanol–water partition coefficient (Wildman–Crippen LogP) is 2.76. The van der Waals surface area contributed by atoms with Gasteiger partial charge in [-0.2, -0.15) is 0 Å². The third kappa shape index (κ3) is 5.76. The number of rotatable bonds is 8.